The van der Waals surface area contributed by atoms with Crippen LogP contribution in [0.4, 0.5) is 0 Å². The molecule has 0 fully saturated rings. The van der Waals surface area contributed by atoms with Crippen molar-refractivity contribution in [3.8, 4) is 0 Å². The summed E-state index contributed by atoms with van der Waals surface area (Å²) in [6.45, 7) is 0. The van der Waals surface area contributed by atoms with Crippen molar-refractivity contribution >= 4 is 5.97 Å². The highest BCUT2D eigenvalue weighted by molar-refractivity contribution is 5.78. The van der Waals surface area contributed by atoms with Crippen molar-refractivity contribution in [3.63, 3.8) is 0 Å². The maximum atomic E-state index is 10.8. The molecule has 0 aromatic heterocycles. The van der Waals surface area contributed by atoms with E-state index in [1.807, 2.05) is 6.07 Å². The Morgan fingerprint density at radius 1 is 1.31 bits per heavy atom. The molecule has 0 heterocycles. The molecular weight excluding hydrogens is 168 g/mol. The van der Waals surface area contributed by atoms with Gasteiger partial charge < -0.3 is 10.2 Å². The second-order valence-electron chi connectivity index (χ2n) is 3.27. The van der Waals surface area contributed by atoms with Gasteiger partial charge in [0.15, 0.2) is 0 Å². The van der Waals surface area contributed by atoms with Crippen molar-refractivity contribution in [2.45, 2.75) is 18.4 Å². The third kappa shape index (κ3) is 1.21. The largest absolute Gasteiger partial charge is 0.481 e. The van der Waals surface area contributed by atoms with Crippen molar-refractivity contribution in [3.05, 3.63) is 35.4 Å². The Labute approximate surface area is 75.6 Å². The Morgan fingerprint density at radius 3 is 2.54 bits per heavy atom. The van der Waals surface area contributed by atoms with Crippen LogP contribution in [0.5, 0.6) is 0 Å². The number of hydrogen-bond donors (Lipinski definition) is 2. The molecule has 1 aliphatic rings. The van der Waals surface area contributed by atoms with E-state index in [0.29, 0.717) is 6.42 Å². The first-order valence-corrected chi connectivity index (χ1v) is 4.20. The fraction of sp³-hybridized carbons (Fsp3) is 0.300. The van der Waals surface area contributed by atoms with Crippen LogP contribution in [0.3, 0.4) is 0 Å². The smallest absolute Gasteiger partial charge is 0.311 e. The molecule has 0 spiro atoms. The van der Waals surface area contributed by atoms with E-state index in [2.05, 4.69) is 0 Å². The number of aliphatic carboxylic acids is 1. The fourth-order valence-corrected chi connectivity index (χ4v) is 1.84. The zero-order valence-electron chi connectivity index (χ0n) is 6.97. The van der Waals surface area contributed by atoms with E-state index in [0.717, 1.165) is 11.1 Å². The molecular formula is C10H10O3. The molecule has 0 radical (unpaired) electrons. The van der Waals surface area contributed by atoms with Crippen LogP contribution in [0.25, 0.3) is 0 Å². The molecule has 1 aromatic rings. The summed E-state index contributed by atoms with van der Waals surface area (Å²) in [5.74, 6) is -1.39. The van der Waals surface area contributed by atoms with Gasteiger partial charge in [0.2, 0.25) is 0 Å². The molecule has 1 aromatic carbocycles. The maximum absolute atomic E-state index is 10.8. The van der Waals surface area contributed by atoms with Crippen molar-refractivity contribution < 1.29 is 15.0 Å². The van der Waals surface area contributed by atoms with Crippen LogP contribution in [0, 0.1) is 0 Å². The number of carboxylic acids is 1. The summed E-state index contributed by atoms with van der Waals surface area (Å²) in [6, 6.07) is 7.16. The standard InChI is InChI=1S/C10H10O3/c11-9-5-8(10(12)13)6-3-1-2-4-7(6)9/h1-4,8-9,11H,5H2,(H,12,13)/t8-,9-/m1/s1. The SMILES string of the molecule is O=C(O)[C@@H]1C[C@@H](O)c2ccccc21. The number of benzene rings is 1. The number of hydrogen-bond acceptors (Lipinski definition) is 2. The van der Waals surface area contributed by atoms with Crippen LogP contribution in [0.15, 0.2) is 24.3 Å². The second-order valence-corrected chi connectivity index (χ2v) is 3.27. The number of aliphatic hydroxyl groups excluding tert-OH is 1. The van der Waals surface area contributed by atoms with Crippen molar-refractivity contribution in [2.75, 3.05) is 0 Å². The van der Waals surface area contributed by atoms with Gasteiger partial charge in [0.25, 0.3) is 0 Å². The fourth-order valence-electron chi connectivity index (χ4n) is 1.84. The monoisotopic (exact) mass is 178 g/mol. The average molecular weight is 178 g/mol. The van der Waals surface area contributed by atoms with E-state index >= 15 is 0 Å². The molecule has 2 atom stereocenters. The van der Waals surface area contributed by atoms with Crippen molar-refractivity contribution in [1.29, 1.82) is 0 Å². The van der Waals surface area contributed by atoms with E-state index in [9.17, 15) is 9.90 Å². The predicted molar refractivity (Wildman–Crippen MR) is 46.4 cm³/mol. The predicted octanol–water partition coefficient (Wildman–Crippen LogP) is 1.29. The molecule has 0 aliphatic heterocycles. The molecule has 2 N–H and O–H groups in total. The van der Waals surface area contributed by atoms with Crippen LogP contribution in [-0.2, 0) is 4.79 Å². The first-order valence-electron chi connectivity index (χ1n) is 4.20. The lowest BCUT2D eigenvalue weighted by molar-refractivity contribution is -0.139. The lowest BCUT2D eigenvalue weighted by atomic mass is 10.0. The van der Waals surface area contributed by atoms with Gasteiger partial charge in [0, 0.05) is 0 Å². The molecule has 3 heteroatoms. The number of fused-ring (bicyclic) bond motifs is 1. The molecule has 2 rings (SSSR count). The third-order valence-corrected chi connectivity index (χ3v) is 2.49. The Morgan fingerprint density at radius 2 is 1.92 bits per heavy atom. The number of carbonyl (C=O) groups is 1. The van der Waals surface area contributed by atoms with Crippen molar-refractivity contribution in [1.82, 2.24) is 0 Å². The molecule has 68 valence electrons. The summed E-state index contributed by atoms with van der Waals surface area (Å²) in [5.41, 5.74) is 1.51. The minimum absolute atomic E-state index is 0.300. The molecule has 0 amide bonds. The summed E-state index contributed by atoms with van der Waals surface area (Å²) in [4.78, 5) is 10.8. The first-order chi connectivity index (χ1) is 6.20. The third-order valence-electron chi connectivity index (χ3n) is 2.49. The highest BCUT2D eigenvalue weighted by Crippen LogP contribution is 2.39. The average Bonchev–Trinajstić information content (AvgIpc) is 2.45. The van der Waals surface area contributed by atoms with E-state index in [4.69, 9.17) is 5.11 Å². The summed E-state index contributed by atoms with van der Waals surface area (Å²) in [6.07, 6.45) is -0.313. The first kappa shape index (κ1) is 8.26. The van der Waals surface area contributed by atoms with Crippen LogP contribution < -0.4 is 0 Å². The number of rotatable bonds is 1. The topological polar surface area (TPSA) is 57.5 Å². The molecule has 0 unspecified atom stereocenters. The number of aliphatic hydroxyl groups is 1. The lowest BCUT2D eigenvalue weighted by Crippen LogP contribution is -2.07. The van der Waals surface area contributed by atoms with Gasteiger partial charge in [-0.1, -0.05) is 24.3 Å². The molecule has 0 saturated heterocycles. The molecule has 0 bridgehead atoms. The minimum Gasteiger partial charge on any atom is -0.481 e. The van der Waals surface area contributed by atoms with Gasteiger partial charge >= 0.3 is 5.97 Å². The van der Waals surface area contributed by atoms with E-state index in [-0.39, 0.29) is 0 Å². The van der Waals surface area contributed by atoms with Gasteiger partial charge in [0.05, 0.1) is 12.0 Å². The summed E-state index contributed by atoms with van der Waals surface area (Å²) < 4.78 is 0. The van der Waals surface area contributed by atoms with E-state index < -0.39 is 18.0 Å². The van der Waals surface area contributed by atoms with Gasteiger partial charge in [0.1, 0.15) is 0 Å². The number of carboxylic acid groups (broad SMARTS) is 1. The maximum Gasteiger partial charge on any atom is 0.311 e. The van der Waals surface area contributed by atoms with Gasteiger partial charge in [-0.05, 0) is 17.5 Å². The summed E-state index contributed by atoms with van der Waals surface area (Å²) in [5, 5.41) is 18.4. The zero-order valence-corrected chi connectivity index (χ0v) is 6.97. The quantitative estimate of drug-likeness (QED) is 0.681. The lowest BCUT2D eigenvalue weighted by Gasteiger charge is -2.03. The van der Waals surface area contributed by atoms with Crippen molar-refractivity contribution in [2.24, 2.45) is 0 Å². The Kier molecular flexibility index (Phi) is 1.81. The van der Waals surface area contributed by atoms with Crippen LogP contribution >= 0.6 is 0 Å². The molecule has 0 saturated carbocycles. The Bertz CT molecular complexity index is 346. The Balaban J connectivity index is 2.47. The molecule has 13 heavy (non-hydrogen) atoms. The van der Waals surface area contributed by atoms with Gasteiger partial charge in [-0.2, -0.15) is 0 Å². The highest BCUT2D eigenvalue weighted by Gasteiger charge is 2.33. The highest BCUT2D eigenvalue weighted by atomic mass is 16.4. The van der Waals surface area contributed by atoms with Gasteiger partial charge in [-0.25, -0.2) is 0 Å². The van der Waals surface area contributed by atoms with E-state index in [1.54, 1.807) is 18.2 Å². The van der Waals surface area contributed by atoms with Gasteiger partial charge in [-0.3, -0.25) is 4.79 Å². The van der Waals surface area contributed by atoms with Gasteiger partial charge in [-0.15, -0.1) is 0 Å². The molecule has 3 nitrogen and oxygen atoms in total. The Hall–Kier alpha value is -1.35. The minimum atomic E-state index is -0.857. The second kappa shape index (κ2) is 2.85. The summed E-state index contributed by atoms with van der Waals surface area (Å²) in [7, 11) is 0. The van der Waals surface area contributed by atoms with E-state index in [1.165, 1.54) is 0 Å². The van der Waals surface area contributed by atoms with Crippen LogP contribution in [0.2, 0.25) is 0 Å². The van der Waals surface area contributed by atoms with Crippen LogP contribution in [-0.4, -0.2) is 16.2 Å². The summed E-state index contributed by atoms with van der Waals surface area (Å²) >= 11 is 0. The molecule has 1 aliphatic carbocycles. The van der Waals surface area contributed by atoms with Crippen LogP contribution in [0.1, 0.15) is 29.6 Å². The zero-order chi connectivity index (χ0) is 9.42. The normalized spacial score (nSPS) is 25.6.